The first-order valence-electron chi connectivity index (χ1n) is 7.47. The fourth-order valence-corrected chi connectivity index (χ4v) is 3.40. The molecule has 2 rings (SSSR count). The number of sulfonamides is 1. The van der Waals surface area contributed by atoms with E-state index in [9.17, 15) is 26.4 Å². The van der Waals surface area contributed by atoms with Crippen LogP contribution in [0.15, 0.2) is 59.5 Å². The maximum absolute atomic E-state index is 12.5. The number of carbonyl (C=O) groups is 1. The topological polar surface area (TPSA) is 105 Å². The number of alkyl halides is 3. The van der Waals surface area contributed by atoms with E-state index < -0.39 is 34.3 Å². The smallest absolute Gasteiger partial charge is 0.465 e. The van der Waals surface area contributed by atoms with E-state index in [2.05, 4.69) is 14.8 Å². The van der Waals surface area contributed by atoms with Gasteiger partial charge in [-0.3, -0.25) is 0 Å². The molecule has 0 radical (unpaired) electrons. The van der Waals surface area contributed by atoms with Gasteiger partial charge in [0.05, 0.1) is 10.9 Å². The summed E-state index contributed by atoms with van der Waals surface area (Å²) in [6.45, 7) is -0.242. The maximum Gasteiger partial charge on any atom is 0.573 e. The van der Waals surface area contributed by atoms with Crippen molar-refractivity contribution in [2.24, 2.45) is 0 Å². The highest BCUT2D eigenvalue weighted by Crippen LogP contribution is 2.24. The Morgan fingerprint density at radius 1 is 1.07 bits per heavy atom. The lowest BCUT2D eigenvalue weighted by molar-refractivity contribution is -0.274. The van der Waals surface area contributed by atoms with Crippen LogP contribution in [0.5, 0.6) is 5.75 Å². The maximum atomic E-state index is 12.5. The molecular formula is C16H15F3N2O5S. The van der Waals surface area contributed by atoms with E-state index in [1.807, 2.05) is 0 Å². The summed E-state index contributed by atoms with van der Waals surface area (Å²) in [7, 11) is -4.14. The van der Waals surface area contributed by atoms with Crippen molar-refractivity contribution < 1.29 is 36.2 Å². The molecule has 0 saturated heterocycles. The van der Waals surface area contributed by atoms with Crippen LogP contribution < -0.4 is 14.8 Å². The number of carboxylic acid groups (broad SMARTS) is 1. The number of hydrogen-bond donors (Lipinski definition) is 3. The zero-order chi connectivity index (χ0) is 20.1. The summed E-state index contributed by atoms with van der Waals surface area (Å²) in [5.74, 6) is -0.561. The van der Waals surface area contributed by atoms with Gasteiger partial charge in [-0.15, -0.1) is 13.2 Å². The molecule has 0 unspecified atom stereocenters. The molecule has 2 aromatic carbocycles. The number of halogens is 3. The van der Waals surface area contributed by atoms with E-state index >= 15 is 0 Å². The van der Waals surface area contributed by atoms with Crippen LogP contribution in [0, 0.1) is 0 Å². The van der Waals surface area contributed by atoms with E-state index in [0.717, 1.165) is 24.3 Å². The average molecular weight is 404 g/mol. The Balaban J connectivity index is 2.21. The molecule has 0 aromatic heterocycles. The van der Waals surface area contributed by atoms with Crippen molar-refractivity contribution in [3.05, 3.63) is 60.2 Å². The molecule has 0 aliphatic carbocycles. The third-order valence-electron chi connectivity index (χ3n) is 3.32. The van der Waals surface area contributed by atoms with Crippen molar-refractivity contribution in [2.45, 2.75) is 17.3 Å². The van der Waals surface area contributed by atoms with Crippen molar-refractivity contribution >= 4 is 16.1 Å². The van der Waals surface area contributed by atoms with Gasteiger partial charge in [-0.25, -0.2) is 17.9 Å². The molecule has 0 bridgehead atoms. The zero-order valence-corrected chi connectivity index (χ0v) is 14.4. The zero-order valence-electron chi connectivity index (χ0n) is 13.6. The quantitative estimate of drug-likeness (QED) is 0.658. The van der Waals surface area contributed by atoms with E-state index in [4.69, 9.17) is 5.11 Å². The molecular weight excluding hydrogens is 389 g/mol. The van der Waals surface area contributed by atoms with Gasteiger partial charge in [-0.1, -0.05) is 30.3 Å². The minimum Gasteiger partial charge on any atom is -0.465 e. The summed E-state index contributed by atoms with van der Waals surface area (Å²) >= 11 is 0. The largest absolute Gasteiger partial charge is 0.573 e. The van der Waals surface area contributed by atoms with E-state index in [1.54, 1.807) is 30.3 Å². The first-order valence-corrected chi connectivity index (χ1v) is 8.95. The van der Waals surface area contributed by atoms with E-state index in [-0.39, 0.29) is 11.4 Å². The second-order valence-corrected chi connectivity index (χ2v) is 7.00. The van der Waals surface area contributed by atoms with Crippen LogP contribution in [0.1, 0.15) is 11.6 Å². The third-order valence-corrected chi connectivity index (χ3v) is 4.81. The van der Waals surface area contributed by atoms with Gasteiger partial charge >= 0.3 is 12.5 Å². The Bertz CT molecular complexity index is 871. The lowest BCUT2D eigenvalue weighted by Crippen LogP contribution is -2.37. The van der Waals surface area contributed by atoms with Crippen LogP contribution >= 0.6 is 0 Å². The molecule has 0 fully saturated rings. The Labute approximate surface area is 152 Å². The minimum atomic E-state index is -4.89. The molecule has 0 heterocycles. The molecule has 0 saturated carbocycles. The summed E-state index contributed by atoms with van der Waals surface area (Å²) in [6, 6.07) is 11.0. The Kier molecular flexibility index (Phi) is 6.28. The highest BCUT2D eigenvalue weighted by Gasteiger charge is 2.31. The van der Waals surface area contributed by atoms with Crippen LogP contribution in [0.4, 0.5) is 18.0 Å². The van der Waals surface area contributed by atoms with Crippen molar-refractivity contribution in [3.63, 3.8) is 0 Å². The van der Waals surface area contributed by atoms with Crippen molar-refractivity contribution in [1.82, 2.24) is 10.0 Å². The predicted octanol–water partition coefficient (Wildman–Crippen LogP) is 2.87. The lowest BCUT2D eigenvalue weighted by atomic mass is 10.1. The second kappa shape index (κ2) is 8.27. The summed E-state index contributed by atoms with van der Waals surface area (Å²) in [4.78, 5) is 10.4. The molecule has 7 nitrogen and oxygen atoms in total. The first kappa shape index (κ1) is 20.5. The van der Waals surface area contributed by atoms with E-state index in [1.165, 1.54) is 0 Å². The lowest BCUT2D eigenvalue weighted by Gasteiger charge is -2.19. The molecule has 0 aliphatic heterocycles. The monoisotopic (exact) mass is 404 g/mol. The number of hydrogen-bond acceptors (Lipinski definition) is 4. The molecule has 146 valence electrons. The SMILES string of the molecule is O=C(O)NC[C@@H](NS(=O)(=O)c1ccc(OC(F)(F)F)cc1)c1ccccc1. The number of amides is 1. The Morgan fingerprint density at radius 2 is 1.67 bits per heavy atom. The summed E-state index contributed by atoms with van der Waals surface area (Å²) in [5.41, 5.74) is 0.506. The molecule has 3 N–H and O–H groups in total. The van der Waals surface area contributed by atoms with Crippen LogP contribution in [-0.4, -0.2) is 32.5 Å². The van der Waals surface area contributed by atoms with Gasteiger partial charge in [0.2, 0.25) is 10.0 Å². The number of ether oxygens (including phenoxy) is 1. The van der Waals surface area contributed by atoms with Crippen molar-refractivity contribution in [1.29, 1.82) is 0 Å². The van der Waals surface area contributed by atoms with Gasteiger partial charge in [0.25, 0.3) is 0 Å². The summed E-state index contributed by atoms with van der Waals surface area (Å²) in [6.07, 6.45) is -6.22. The fourth-order valence-electron chi connectivity index (χ4n) is 2.18. The molecule has 0 spiro atoms. The highest BCUT2D eigenvalue weighted by atomic mass is 32.2. The average Bonchev–Trinajstić information content (AvgIpc) is 2.58. The van der Waals surface area contributed by atoms with E-state index in [0.29, 0.717) is 5.56 Å². The number of rotatable bonds is 7. The number of benzene rings is 2. The van der Waals surface area contributed by atoms with Gasteiger partial charge in [-0.2, -0.15) is 0 Å². The van der Waals surface area contributed by atoms with Gasteiger partial charge in [0, 0.05) is 6.54 Å². The first-order chi connectivity index (χ1) is 12.6. The number of nitrogens with one attached hydrogen (secondary N) is 2. The molecule has 1 atom stereocenters. The molecule has 2 aromatic rings. The Hall–Kier alpha value is -2.79. The predicted molar refractivity (Wildman–Crippen MR) is 88.7 cm³/mol. The van der Waals surface area contributed by atoms with Gasteiger partial charge < -0.3 is 15.2 Å². The van der Waals surface area contributed by atoms with Gasteiger partial charge in [0.15, 0.2) is 0 Å². The standard InChI is InChI=1S/C16H15F3N2O5S/c17-16(18,19)26-12-6-8-13(9-7-12)27(24,25)21-14(10-20-15(22)23)11-4-2-1-3-5-11/h1-9,14,20-21H,10H2,(H,22,23)/t14-/m1/s1. The minimum absolute atomic E-state index is 0.242. The van der Waals surface area contributed by atoms with Crippen LogP contribution in [0.2, 0.25) is 0 Å². The molecule has 1 amide bonds. The second-order valence-electron chi connectivity index (χ2n) is 5.29. The van der Waals surface area contributed by atoms with Crippen LogP contribution in [-0.2, 0) is 10.0 Å². The van der Waals surface area contributed by atoms with Gasteiger partial charge in [0.1, 0.15) is 5.75 Å². The van der Waals surface area contributed by atoms with Gasteiger partial charge in [-0.05, 0) is 29.8 Å². The Morgan fingerprint density at radius 3 is 2.19 bits per heavy atom. The fraction of sp³-hybridized carbons (Fsp3) is 0.188. The summed E-state index contributed by atoms with van der Waals surface area (Å²) in [5, 5.41) is 10.9. The summed E-state index contributed by atoms with van der Waals surface area (Å²) < 4.78 is 67.6. The molecule has 11 heteroatoms. The van der Waals surface area contributed by atoms with Crippen molar-refractivity contribution in [3.8, 4) is 5.75 Å². The molecule has 0 aliphatic rings. The van der Waals surface area contributed by atoms with Crippen LogP contribution in [0.3, 0.4) is 0 Å². The normalized spacial score (nSPS) is 13.0. The molecule has 27 heavy (non-hydrogen) atoms. The van der Waals surface area contributed by atoms with Crippen LogP contribution in [0.25, 0.3) is 0 Å². The third kappa shape index (κ3) is 6.46. The van der Waals surface area contributed by atoms with Crippen molar-refractivity contribution in [2.75, 3.05) is 6.54 Å². The highest BCUT2D eigenvalue weighted by molar-refractivity contribution is 7.89.